The van der Waals surface area contributed by atoms with Crippen LogP contribution < -0.4 is 5.73 Å². The van der Waals surface area contributed by atoms with Crippen LogP contribution in [0.4, 0.5) is 4.39 Å². The Morgan fingerprint density at radius 2 is 1.81 bits per heavy atom. The van der Waals surface area contributed by atoms with Gasteiger partial charge in [0.2, 0.25) is 15.9 Å². The summed E-state index contributed by atoms with van der Waals surface area (Å²) in [6.45, 7) is 3.40. The lowest BCUT2D eigenvalue weighted by molar-refractivity contribution is -0.138. The van der Waals surface area contributed by atoms with Gasteiger partial charge < -0.3 is 10.6 Å². The lowest BCUT2D eigenvalue weighted by atomic mass is 9.74. The van der Waals surface area contributed by atoms with Crippen LogP contribution in [0, 0.1) is 11.7 Å². The first-order chi connectivity index (χ1) is 12.7. The van der Waals surface area contributed by atoms with Gasteiger partial charge in [-0.1, -0.05) is 12.8 Å². The van der Waals surface area contributed by atoms with Crippen LogP contribution in [0.3, 0.4) is 0 Å². The molecule has 0 radical (unpaired) electrons. The number of hydrogen-bond donors (Lipinski definition) is 1. The van der Waals surface area contributed by atoms with Crippen molar-refractivity contribution < 1.29 is 17.6 Å². The van der Waals surface area contributed by atoms with Crippen molar-refractivity contribution in [2.45, 2.75) is 49.5 Å². The molecule has 8 heteroatoms. The number of sulfonamides is 1. The second kappa shape index (κ2) is 7.85. The minimum absolute atomic E-state index is 0.0423. The van der Waals surface area contributed by atoms with Gasteiger partial charge in [-0.15, -0.1) is 0 Å². The van der Waals surface area contributed by atoms with Gasteiger partial charge in [0.1, 0.15) is 5.82 Å². The fraction of sp³-hybridized carbons (Fsp3) is 0.632. The zero-order valence-corrected chi connectivity index (χ0v) is 16.5. The van der Waals surface area contributed by atoms with Gasteiger partial charge >= 0.3 is 0 Å². The largest absolute Gasteiger partial charge is 0.341 e. The first kappa shape index (κ1) is 20.2. The molecule has 2 fully saturated rings. The number of amides is 1. The van der Waals surface area contributed by atoms with E-state index in [4.69, 9.17) is 5.73 Å². The van der Waals surface area contributed by atoms with Crippen molar-refractivity contribution >= 4 is 15.9 Å². The van der Waals surface area contributed by atoms with Gasteiger partial charge in [0, 0.05) is 31.7 Å². The van der Waals surface area contributed by atoms with Crippen LogP contribution in [0.15, 0.2) is 29.2 Å². The Kier molecular flexibility index (Phi) is 5.88. The van der Waals surface area contributed by atoms with Crippen molar-refractivity contribution in [2.75, 3.05) is 26.2 Å². The summed E-state index contributed by atoms with van der Waals surface area (Å²) in [6, 6.07) is 4.85. The van der Waals surface area contributed by atoms with E-state index in [1.165, 1.54) is 16.4 Å². The van der Waals surface area contributed by atoms with Crippen LogP contribution >= 0.6 is 0 Å². The van der Waals surface area contributed by atoms with Gasteiger partial charge in [0.25, 0.3) is 0 Å². The molecule has 3 rings (SSSR count). The molecule has 1 aromatic carbocycles. The van der Waals surface area contributed by atoms with Crippen molar-refractivity contribution in [1.29, 1.82) is 0 Å². The van der Waals surface area contributed by atoms with E-state index < -0.39 is 21.4 Å². The minimum atomic E-state index is -3.69. The predicted octanol–water partition coefficient (Wildman–Crippen LogP) is 1.96. The normalized spacial score (nSPS) is 28.0. The van der Waals surface area contributed by atoms with Gasteiger partial charge in [-0.05, 0) is 50.5 Å². The van der Waals surface area contributed by atoms with E-state index in [0.717, 1.165) is 37.8 Å². The van der Waals surface area contributed by atoms with E-state index in [1.807, 2.05) is 6.92 Å². The van der Waals surface area contributed by atoms with Gasteiger partial charge in [-0.2, -0.15) is 4.31 Å². The molecule has 150 valence electrons. The summed E-state index contributed by atoms with van der Waals surface area (Å²) in [7, 11) is -3.69. The van der Waals surface area contributed by atoms with Gasteiger partial charge in [0.05, 0.1) is 10.8 Å². The quantitative estimate of drug-likeness (QED) is 0.845. The average Bonchev–Trinajstić information content (AvgIpc) is 2.88. The maximum atomic E-state index is 13.1. The fourth-order valence-corrected chi connectivity index (χ4v) is 5.56. The Bertz CT molecular complexity index is 780. The molecule has 2 aliphatic rings. The lowest BCUT2D eigenvalue weighted by Gasteiger charge is -2.39. The highest BCUT2D eigenvalue weighted by Gasteiger charge is 2.40. The molecule has 1 heterocycles. The molecule has 27 heavy (non-hydrogen) atoms. The van der Waals surface area contributed by atoms with Crippen molar-refractivity contribution in [3.05, 3.63) is 30.1 Å². The maximum Gasteiger partial charge on any atom is 0.243 e. The highest BCUT2D eigenvalue weighted by atomic mass is 32.2. The summed E-state index contributed by atoms with van der Waals surface area (Å²) in [5, 5.41) is 0. The lowest BCUT2D eigenvalue weighted by Crippen LogP contribution is -2.54. The number of rotatable bonds is 3. The highest BCUT2D eigenvalue weighted by Crippen LogP contribution is 2.33. The first-order valence-corrected chi connectivity index (χ1v) is 11.0. The van der Waals surface area contributed by atoms with Gasteiger partial charge in [0.15, 0.2) is 0 Å². The van der Waals surface area contributed by atoms with E-state index in [0.29, 0.717) is 26.1 Å². The summed E-state index contributed by atoms with van der Waals surface area (Å²) < 4.78 is 40.1. The van der Waals surface area contributed by atoms with Crippen molar-refractivity contribution in [3.8, 4) is 0 Å². The molecule has 1 aromatic rings. The molecular weight excluding hydrogens is 369 g/mol. The topological polar surface area (TPSA) is 83.7 Å². The third-order valence-electron chi connectivity index (χ3n) is 5.77. The van der Waals surface area contributed by atoms with Crippen LogP contribution in [0.2, 0.25) is 0 Å². The van der Waals surface area contributed by atoms with Gasteiger partial charge in [-0.3, -0.25) is 4.79 Å². The number of halogens is 1. The Morgan fingerprint density at radius 3 is 2.48 bits per heavy atom. The molecule has 0 aromatic heterocycles. The molecule has 1 aliphatic heterocycles. The van der Waals surface area contributed by atoms with E-state index in [1.54, 1.807) is 4.90 Å². The molecule has 1 saturated heterocycles. The number of nitrogens with zero attached hydrogens (tertiary/aromatic N) is 2. The molecule has 0 bridgehead atoms. The predicted molar refractivity (Wildman–Crippen MR) is 101 cm³/mol. The van der Waals surface area contributed by atoms with Crippen LogP contribution in [0.5, 0.6) is 0 Å². The Balaban J connectivity index is 1.70. The summed E-state index contributed by atoms with van der Waals surface area (Å²) >= 11 is 0. The summed E-state index contributed by atoms with van der Waals surface area (Å²) in [5.41, 5.74) is 5.87. The van der Waals surface area contributed by atoms with Crippen molar-refractivity contribution in [3.63, 3.8) is 0 Å². The van der Waals surface area contributed by atoms with Crippen LogP contribution in [-0.2, 0) is 14.8 Å². The fourth-order valence-electron chi connectivity index (χ4n) is 4.09. The number of benzene rings is 1. The standard InChI is InChI=1S/C19H28FN3O3S/c1-19(21)10-3-2-5-17(19)18(24)22-11-4-12-23(14-13-22)27(25,26)16-8-6-15(20)7-9-16/h6-9,17H,2-5,10-14,21H2,1H3. The zero-order chi connectivity index (χ0) is 19.7. The van der Waals surface area contributed by atoms with E-state index >= 15 is 0 Å². The number of carbonyl (C=O) groups excluding carboxylic acids is 1. The average molecular weight is 398 g/mol. The second-order valence-corrected chi connectivity index (χ2v) is 9.78. The van der Waals surface area contributed by atoms with Crippen molar-refractivity contribution in [2.24, 2.45) is 11.7 Å². The zero-order valence-electron chi connectivity index (χ0n) is 15.7. The molecular formula is C19H28FN3O3S. The Labute approximate surface area is 160 Å². The van der Waals surface area contributed by atoms with E-state index in [2.05, 4.69) is 0 Å². The monoisotopic (exact) mass is 397 g/mol. The third-order valence-corrected chi connectivity index (χ3v) is 7.68. The summed E-state index contributed by atoms with van der Waals surface area (Å²) in [4.78, 5) is 14.9. The van der Waals surface area contributed by atoms with E-state index in [-0.39, 0.29) is 23.3 Å². The van der Waals surface area contributed by atoms with Crippen molar-refractivity contribution in [1.82, 2.24) is 9.21 Å². The second-order valence-electron chi connectivity index (χ2n) is 7.84. The Morgan fingerprint density at radius 1 is 1.11 bits per heavy atom. The van der Waals surface area contributed by atoms with Gasteiger partial charge in [-0.25, -0.2) is 12.8 Å². The molecule has 1 saturated carbocycles. The molecule has 6 nitrogen and oxygen atoms in total. The summed E-state index contributed by atoms with van der Waals surface area (Å²) in [5.74, 6) is -0.633. The Hall–Kier alpha value is -1.51. The molecule has 1 amide bonds. The highest BCUT2D eigenvalue weighted by molar-refractivity contribution is 7.89. The summed E-state index contributed by atoms with van der Waals surface area (Å²) in [6.07, 6.45) is 4.24. The molecule has 2 atom stereocenters. The number of carbonyl (C=O) groups is 1. The minimum Gasteiger partial charge on any atom is -0.341 e. The molecule has 2 unspecified atom stereocenters. The first-order valence-electron chi connectivity index (χ1n) is 9.55. The van der Waals surface area contributed by atoms with Crippen LogP contribution in [-0.4, -0.2) is 55.2 Å². The number of hydrogen-bond acceptors (Lipinski definition) is 4. The molecule has 2 N–H and O–H groups in total. The maximum absolute atomic E-state index is 13.1. The smallest absolute Gasteiger partial charge is 0.243 e. The SMILES string of the molecule is CC1(N)CCCCC1C(=O)N1CCCN(S(=O)(=O)c2ccc(F)cc2)CC1. The van der Waals surface area contributed by atoms with E-state index in [9.17, 15) is 17.6 Å². The van der Waals surface area contributed by atoms with Crippen LogP contribution in [0.25, 0.3) is 0 Å². The van der Waals surface area contributed by atoms with Crippen LogP contribution in [0.1, 0.15) is 39.0 Å². The molecule has 0 spiro atoms. The number of nitrogens with two attached hydrogens (primary N) is 1. The molecule has 1 aliphatic carbocycles. The third kappa shape index (κ3) is 4.33.